The molecule has 0 saturated heterocycles. The van der Waals surface area contributed by atoms with Gasteiger partial charge in [-0.2, -0.15) is 0 Å². The van der Waals surface area contributed by atoms with E-state index in [-0.39, 0.29) is 6.10 Å². The molecular weight excluding hydrogens is 400 g/mol. The van der Waals surface area contributed by atoms with Crippen LogP contribution in [0.1, 0.15) is 63.6 Å². The molecule has 0 fully saturated rings. The molecular formula is C28H38O4. The van der Waals surface area contributed by atoms with Crippen LogP contribution in [0.5, 0.6) is 17.2 Å². The van der Waals surface area contributed by atoms with Crippen LogP contribution >= 0.6 is 0 Å². The van der Waals surface area contributed by atoms with Crippen molar-refractivity contribution < 1.29 is 19.3 Å². The quantitative estimate of drug-likeness (QED) is 0.274. The molecule has 32 heavy (non-hydrogen) atoms. The Morgan fingerprint density at radius 3 is 2.31 bits per heavy atom. The summed E-state index contributed by atoms with van der Waals surface area (Å²) >= 11 is 0. The fourth-order valence-corrected chi connectivity index (χ4v) is 3.40. The lowest BCUT2D eigenvalue weighted by Crippen LogP contribution is -2.13. The lowest BCUT2D eigenvalue weighted by molar-refractivity contribution is 0.114. The smallest absolute Gasteiger partial charge is 0.168 e. The Hall–Kier alpha value is -2.72. The molecule has 0 spiro atoms. The van der Waals surface area contributed by atoms with E-state index in [9.17, 15) is 5.11 Å². The standard InChI is InChI=1S/C28H38O4/c1-6-31-25-19-24(28(30-5)27(20-25)32-7-2)17-16-23-14-11-13-22(18-23)12-9-8-10-15-26(29)21(3)4/h9,11-14,16-21,26,29H,6-8,10,15H2,1-5H3. The summed E-state index contributed by atoms with van der Waals surface area (Å²) in [5.41, 5.74) is 3.16. The van der Waals surface area contributed by atoms with Gasteiger partial charge >= 0.3 is 0 Å². The third kappa shape index (κ3) is 8.08. The average Bonchev–Trinajstić information content (AvgIpc) is 2.78. The molecule has 4 nitrogen and oxygen atoms in total. The van der Waals surface area contributed by atoms with E-state index in [2.05, 4.69) is 56.3 Å². The second-order valence-electron chi connectivity index (χ2n) is 8.06. The van der Waals surface area contributed by atoms with Crippen molar-refractivity contribution in [2.45, 2.75) is 53.1 Å². The van der Waals surface area contributed by atoms with Crippen molar-refractivity contribution in [1.82, 2.24) is 0 Å². The maximum atomic E-state index is 9.91. The van der Waals surface area contributed by atoms with Gasteiger partial charge < -0.3 is 19.3 Å². The van der Waals surface area contributed by atoms with E-state index >= 15 is 0 Å². The SMILES string of the molecule is CCOc1cc(C=Cc2cccc(C=CCCCC(O)C(C)C)c2)c(OC)c(OCC)c1. The molecule has 0 radical (unpaired) electrons. The summed E-state index contributed by atoms with van der Waals surface area (Å²) in [6.45, 7) is 9.17. The molecule has 4 heteroatoms. The Balaban J connectivity index is 2.12. The van der Waals surface area contributed by atoms with Crippen molar-refractivity contribution in [3.63, 3.8) is 0 Å². The molecule has 0 aliphatic heterocycles. The van der Waals surface area contributed by atoms with E-state index in [1.54, 1.807) is 7.11 Å². The lowest BCUT2D eigenvalue weighted by Gasteiger charge is -2.14. The summed E-state index contributed by atoms with van der Waals surface area (Å²) in [5.74, 6) is 2.46. The van der Waals surface area contributed by atoms with Crippen LogP contribution in [-0.2, 0) is 0 Å². The van der Waals surface area contributed by atoms with Gasteiger partial charge in [0.1, 0.15) is 5.75 Å². The Morgan fingerprint density at radius 1 is 0.938 bits per heavy atom. The van der Waals surface area contributed by atoms with Gasteiger partial charge in [0.25, 0.3) is 0 Å². The van der Waals surface area contributed by atoms with Crippen LogP contribution in [0.15, 0.2) is 42.5 Å². The zero-order chi connectivity index (χ0) is 23.3. The van der Waals surface area contributed by atoms with Crippen LogP contribution in [0.3, 0.4) is 0 Å². The van der Waals surface area contributed by atoms with Gasteiger partial charge in [-0.25, -0.2) is 0 Å². The van der Waals surface area contributed by atoms with Gasteiger partial charge in [-0.15, -0.1) is 0 Å². The molecule has 0 saturated carbocycles. The number of aliphatic hydroxyl groups excluding tert-OH is 1. The highest BCUT2D eigenvalue weighted by molar-refractivity contribution is 5.76. The van der Waals surface area contributed by atoms with Gasteiger partial charge in [0.05, 0.1) is 26.4 Å². The molecule has 0 amide bonds. The molecule has 0 aliphatic rings. The van der Waals surface area contributed by atoms with Crippen molar-refractivity contribution in [2.24, 2.45) is 5.92 Å². The molecule has 1 N–H and O–H groups in total. The molecule has 2 aromatic rings. The number of hydrogen-bond donors (Lipinski definition) is 1. The first-order valence-corrected chi connectivity index (χ1v) is 11.6. The fraction of sp³-hybridized carbons (Fsp3) is 0.429. The monoisotopic (exact) mass is 438 g/mol. The summed E-state index contributed by atoms with van der Waals surface area (Å²) in [5, 5.41) is 9.91. The molecule has 0 heterocycles. The first-order valence-electron chi connectivity index (χ1n) is 11.6. The number of methoxy groups -OCH3 is 1. The third-order valence-electron chi connectivity index (χ3n) is 5.19. The van der Waals surface area contributed by atoms with Gasteiger partial charge in [0, 0.05) is 11.6 Å². The summed E-state index contributed by atoms with van der Waals surface area (Å²) < 4.78 is 17.1. The van der Waals surface area contributed by atoms with E-state index < -0.39 is 0 Å². The van der Waals surface area contributed by atoms with E-state index in [0.717, 1.165) is 41.7 Å². The number of ether oxygens (including phenoxy) is 3. The van der Waals surface area contributed by atoms with E-state index in [0.29, 0.717) is 30.6 Å². The minimum atomic E-state index is -0.210. The zero-order valence-corrected chi connectivity index (χ0v) is 20.1. The number of benzene rings is 2. The topological polar surface area (TPSA) is 47.9 Å². The molecule has 1 atom stereocenters. The van der Waals surface area contributed by atoms with E-state index in [4.69, 9.17) is 14.2 Å². The normalized spacial score (nSPS) is 12.6. The molecule has 2 rings (SSSR count). The van der Waals surface area contributed by atoms with Crippen LogP contribution in [-0.4, -0.2) is 31.5 Å². The molecule has 0 aromatic heterocycles. The number of allylic oxidation sites excluding steroid dienone is 1. The average molecular weight is 439 g/mol. The number of rotatable bonds is 13. The summed E-state index contributed by atoms with van der Waals surface area (Å²) in [4.78, 5) is 0. The van der Waals surface area contributed by atoms with E-state index in [1.165, 1.54) is 0 Å². The Bertz CT molecular complexity index is 883. The number of hydrogen-bond acceptors (Lipinski definition) is 4. The highest BCUT2D eigenvalue weighted by atomic mass is 16.5. The molecule has 2 aromatic carbocycles. The molecule has 1 unspecified atom stereocenters. The van der Waals surface area contributed by atoms with Crippen molar-refractivity contribution in [3.05, 3.63) is 59.2 Å². The van der Waals surface area contributed by atoms with Crippen LogP contribution in [0, 0.1) is 5.92 Å². The van der Waals surface area contributed by atoms with Crippen LogP contribution in [0.4, 0.5) is 0 Å². The number of unbranched alkanes of at least 4 members (excludes halogenated alkanes) is 1. The summed E-state index contributed by atoms with van der Waals surface area (Å²) in [6.07, 6.45) is 11.0. The fourth-order valence-electron chi connectivity index (χ4n) is 3.40. The van der Waals surface area contributed by atoms with Crippen LogP contribution in [0.2, 0.25) is 0 Å². The maximum absolute atomic E-state index is 9.91. The Labute approximate surface area is 193 Å². The van der Waals surface area contributed by atoms with Gasteiger partial charge in [-0.1, -0.05) is 56.4 Å². The Kier molecular flexibility index (Phi) is 10.9. The Morgan fingerprint density at radius 2 is 1.66 bits per heavy atom. The molecule has 174 valence electrons. The lowest BCUT2D eigenvalue weighted by atomic mass is 10.0. The van der Waals surface area contributed by atoms with E-state index in [1.807, 2.05) is 32.1 Å². The molecule has 0 bridgehead atoms. The summed E-state index contributed by atoms with van der Waals surface area (Å²) in [7, 11) is 1.65. The maximum Gasteiger partial charge on any atom is 0.168 e. The highest BCUT2D eigenvalue weighted by Crippen LogP contribution is 2.37. The minimum Gasteiger partial charge on any atom is -0.494 e. The highest BCUT2D eigenvalue weighted by Gasteiger charge is 2.12. The first-order chi connectivity index (χ1) is 15.5. The largest absolute Gasteiger partial charge is 0.494 e. The second-order valence-corrected chi connectivity index (χ2v) is 8.06. The van der Waals surface area contributed by atoms with Crippen LogP contribution < -0.4 is 14.2 Å². The predicted molar refractivity (Wildman–Crippen MR) is 134 cm³/mol. The predicted octanol–water partition coefficient (Wildman–Crippen LogP) is 6.86. The summed E-state index contributed by atoms with van der Waals surface area (Å²) in [6, 6.07) is 12.2. The van der Waals surface area contributed by atoms with Gasteiger partial charge in [-0.05, 0) is 62.3 Å². The third-order valence-corrected chi connectivity index (χ3v) is 5.19. The molecule has 0 aliphatic carbocycles. The van der Waals surface area contributed by atoms with Crippen molar-refractivity contribution in [1.29, 1.82) is 0 Å². The van der Waals surface area contributed by atoms with Crippen molar-refractivity contribution in [3.8, 4) is 17.2 Å². The zero-order valence-electron chi connectivity index (χ0n) is 20.1. The number of aliphatic hydroxyl groups is 1. The first kappa shape index (κ1) is 25.5. The minimum absolute atomic E-state index is 0.210. The van der Waals surface area contributed by atoms with Crippen molar-refractivity contribution in [2.75, 3.05) is 20.3 Å². The van der Waals surface area contributed by atoms with Crippen LogP contribution in [0.25, 0.3) is 18.2 Å². The second kappa shape index (κ2) is 13.6. The van der Waals surface area contributed by atoms with Gasteiger partial charge in [0.15, 0.2) is 11.5 Å². The van der Waals surface area contributed by atoms with Gasteiger partial charge in [-0.3, -0.25) is 0 Å². The van der Waals surface area contributed by atoms with Gasteiger partial charge in [0.2, 0.25) is 0 Å². The van der Waals surface area contributed by atoms with Crippen molar-refractivity contribution >= 4 is 18.2 Å².